The van der Waals surface area contributed by atoms with Crippen LogP contribution >= 0.6 is 0 Å². The Kier molecular flexibility index (Phi) is 4.70. The predicted molar refractivity (Wildman–Crippen MR) is 101 cm³/mol. The summed E-state index contributed by atoms with van der Waals surface area (Å²) in [5.74, 6) is 1.77. The molecule has 0 spiro atoms. The van der Waals surface area contributed by atoms with Gasteiger partial charge < -0.3 is 10.2 Å². The molecule has 6 heteroatoms. The Morgan fingerprint density at radius 1 is 0.880 bits per heavy atom. The lowest BCUT2D eigenvalue weighted by Gasteiger charge is -2.34. The highest BCUT2D eigenvalue weighted by atomic mass is 15.3. The largest absolute Gasteiger partial charge is 0.369 e. The molecule has 1 aliphatic heterocycles. The van der Waals surface area contributed by atoms with Gasteiger partial charge in [-0.05, 0) is 24.3 Å². The van der Waals surface area contributed by atoms with Crippen molar-refractivity contribution in [2.75, 3.05) is 49.5 Å². The summed E-state index contributed by atoms with van der Waals surface area (Å²) in [6, 6.07) is 14.2. The first kappa shape index (κ1) is 15.8. The van der Waals surface area contributed by atoms with Crippen molar-refractivity contribution in [3.8, 4) is 0 Å². The minimum atomic E-state index is 0.834. The minimum absolute atomic E-state index is 0.834. The molecule has 0 atom stereocenters. The molecule has 3 heterocycles. The van der Waals surface area contributed by atoms with Crippen molar-refractivity contribution in [3.05, 3.63) is 54.9 Å². The second-order valence-electron chi connectivity index (χ2n) is 6.19. The van der Waals surface area contributed by atoms with E-state index in [2.05, 4.69) is 42.2 Å². The van der Waals surface area contributed by atoms with Crippen molar-refractivity contribution < 1.29 is 0 Å². The van der Waals surface area contributed by atoms with Crippen LogP contribution in [0.4, 0.5) is 11.8 Å². The van der Waals surface area contributed by atoms with E-state index in [1.807, 2.05) is 30.3 Å². The molecule has 0 aliphatic carbocycles. The molecule has 1 saturated heterocycles. The van der Waals surface area contributed by atoms with Gasteiger partial charge in [-0.15, -0.1) is 0 Å². The first-order valence-electron chi connectivity index (χ1n) is 8.72. The first-order chi connectivity index (χ1) is 12.4. The van der Waals surface area contributed by atoms with Gasteiger partial charge in [-0.2, -0.15) is 0 Å². The van der Waals surface area contributed by atoms with Gasteiger partial charge in [0.25, 0.3) is 0 Å². The highest BCUT2D eigenvalue weighted by Gasteiger charge is 2.18. The average Bonchev–Trinajstić information content (AvgIpc) is 2.69. The molecule has 0 saturated carbocycles. The van der Waals surface area contributed by atoms with Gasteiger partial charge in [-0.3, -0.25) is 4.90 Å². The Balaban J connectivity index is 1.25. The van der Waals surface area contributed by atoms with E-state index in [1.54, 1.807) is 12.4 Å². The van der Waals surface area contributed by atoms with Crippen LogP contribution < -0.4 is 10.2 Å². The number of anilines is 2. The number of hydrogen-bond acceptors (Lipinski definition) is 6. The Morgan fingerprint density at radius 2 is 1.68 bits per heavy atom. The van der Waals surface area contributed by atoms with Crippen molar-refractivity contribution >= 4 is 22.7 Å². The number of nitrogens with zero attached hydrogens (tertiary/aromatic N) is 5. The van der Waals surface area contributed by atoms with Gasteiger partial charge in [0.1, 0.15) is 5.82 Å². The molecule has 0 unspecified atom stereocenters. The van der Waals surface area contributed by atoms with Crippen LogP contribution in [0.1, 0.15) is 0 Å². The molecular formula is C19H22N6. The lowest BCUT2D eigenvalue weighted by Crippen LogP contribution is -2.48. The van der Waals surface area contributed by atoms with Crippen LogP contribution in [0, 0.1) is 0 Å². The fourth-order valence-corrected chi connectivity index (χ4v) is 3.13. The van der Waals surface area contributed by atoms with Crippen LogP contribution in [0.5, 0.6) is 0 Å². The first-order valence-corrected chi connectivity index (χ1v) is 8.72. The number of aromatic nitrogens is 3. The number of para-hydroxylation sites is 1. The quantitative estimate of drug-likeness (QED) is 0.772. The Hall–Kier alpha value is -2.73. The van der Waals surface area contributed by atoms with Crippen molar-refractivity contribution in [2.45, 2.75) is 0 Å². The lowest BCUT2D eigenvalue weighted by molar-refractivity contribution is 0.266. The zero-order chi connectivity index (χ0) is 16.9. The number of fused-ring (bicyclic) bond motifs is 1. The number of piperazine rings is 1. The van der Waals surface area contributed by atoms with E-state index in [0.717, 1.165) is 56.6 Å². The van der Waals surface area contributed by atoms with E-state index in [9.17, 15) is 0 Å². The second kappa shape index (κ2) is 7.44. The molecule has 0 bridgehead atoms. The van der Waals surface area contributed by atoms with Crippen LogP contribution in [-0.2, 0) is 0 Å². The molecule has 25 heavy (non-hydrogen) atoms. The molecule has 1 aliphatic rings. The molecule has 3 aromatic rings. The molecule has 1 N–H and O–H groups in total. The fraction of sp³-hybridized carbons (Fsp3) is 0.316. The Bertz CT molecular complexity index is 814. The van der Waals surface area contributed by atoms with Gasteiger partial charge in [-0.25, -0.2) is 15.0 Å². The lowest BCUT2D eigenvalue weighted by atomic mass is 10.2. The summed E-state index contributed by atoms with van der Waals surface area (Å²) in [6.45, 7) is 5.91. The van der Waals surface area contributed by atoms with Gasteiger partial charge in [0, 0.05) is 57.0 Å². The maximum absolute atomic E-state index is 4.66. The molecule has 128 valence electrons. The van der Waals surface area contributed by atoms with E-state index in [4.69, 9.17) is 0 Å². The summed E-state index contributed by atoms with van der Waals surface area (Å²) in [7, 11) is 0. The number of nitrogens with one attached hydrogen (secondary N) is 1. The molecule has 1 fully saturated rings. The van der Waals surface area contributed by atoms with E-state index in [0.29, 0.717) is 0 Å². The van der Waals surface area contributed by atoms with Gasteiger partial charge in [0.2, 0.25) is 5.95 Å². The van der Waals surface area contributed by atoms with Crippen molar-refractivity contribution in [2.24, 2.45) is 0 Å². The van der Waals surface area contributed by atoms with E-state index in [1.165, 1.54) is 5.39 Å². The second-order valence-corrected chi connectivity index (χ2v) is 6.19. The number of hydrogen-bond donors (Lipinski definition) is 1. The zero-order valence-corrected chi connectivity index (χ0v) is 14.2. The summed E-state index contributed by atoms with van der Waals surface area (Å²) in [4.78, 5) is 18.0. The SMILES string of the molecule is c1cnc(N2CCN(CCNc3ccc4ccccc4n3)CC2)nc1. The highest BCUT2D eigenvalue weighted by molar-refractivity contribution is 5.80. The summed E-state index contributed by atoms with van der Waals surface area (Å²) in [5.41, 5.74) is 1.03. The van der Waals surface area contributed by atoms with Crippen LogP contribution in [0.25, 0.3) is 10.9 Å². The van der Waals surface area contributed by atoms with Gasteiger partial charge in [-0.1, -0.05) is 18.2 Å². The van der Waals surface area contributed by atoms with E-state index < -0.39 is 0 Å². The number of pyridine rings is 1. The van der Waals surface area contributed by atoms with E-state index in [-0.39, 0.29) is 0 Å². The molecular weight excluding hydrogens is 312 g/mol. The Morgan fingerprint density at radius 3 is 2.52 bits per heavy atom. The molecule has 0 radical (unpaired) electrons. The highest BCUT2D eigenvalue weighted by Crippen LogP contribution is 2.14. The van der Waals surface area contributed by atoms with Crippen LogP contribution in [-0.4, -0.2) is 59.1 Å². The summed E-state index contributed by atoms with van der Waals surface area (Å²) in [6.07, 6.45) is 3.60. The topological polar surface area (TPSA) is 57.2 Å². The number of rotatable bonds is 5. The molecule has 2 aromatic heterocycles. The molecule has 4 rings (SSSR count). The van der Waals surface area contributed by atoms with Crippen LogP contribution in [0.3, 0.4) is 0 Å². The average molecular weight is 334 g/mol. The zero-order valence-electron chi connectivity index (χ0n) is 14.2. The van der Waals surface area contributed by atoms with Gasteiger partial charge >= 0.3 is 0 Å². The normalized spacial score (nSPS) is 15.4. The fourth-order valence-electron chi connectivity index (χ4n) is 3.13. The van der Waals surface area contributed by atoms with E-state index >= 15 is 0 Å². The summed E-state index contributed by atoms with van der Waals surface area (Å²) >= 11 is 0. The minimum Gasteiger partial charge on any atom is -0.369 e. The Labute approximate surface area is 147 Å². The maximum atomic E-state index is 4.66. The van der Waals surface area contributed by atoms with Crippen molar-refractivity contribution in [1.29, 1.82) is 0 Å². The molecule has 6 nitrogen and oxygen atoms in total. The maximum Gasteiger partial charge on any atom is 0.225 e. The summed E-state index contributed by atoms with van der Waals surface area (Å²) < 4.78 is 0. The van der Waals surface area contributed by atoms with Crippen molar-refractivity contribution in [1.82, 2.24) is 19.9 Å². The van der Waals surface area contributed by atoms with Gasteiger partial charge in [0.15, 0.2) is 0 Å². The standard InChI is InChI=1S/C19H22N6/c1-2-5-17-16(4-1)6-7-18(23-17)20-10-11-24-12-14-25(15-13-24)19-21-8-3-9-22-19/h1-9H,10-15H2,(H,20,23). The van der Waals surface area contributed by atoms with Crippen LogP contribution in [0.15, 0.2) is 54.9 Å². The third kappa shape index (κ3) is 3.85. The van der Waals surface area contributed by atoms with Gasteiger partial charge in [0.05, 0.1) is 5.52 Å². The number of benzene rings is 1. The third-order valence-corrected chi connectivity index (χ3v) is 4.54. The smallest absolute Gasteiger partial charge is 0.225 e. The van der Waals surface area contributed by atoms with Crippen LogP contribution in [0.2, 0.25) is 0 Å². The monoisotopic (exact) mass is 334 g/mol. The summed E-state index contributed by atoms with van der Waals surface area (Å²) in [5, 5.41) is 4.61. The molecule has 0 amide bonds. The predicted octanol–water partition coefficient (Wildman–Crippen LogP) is 2.26. The molecule has 1 aromatic carbocycles. The third-order valence-electron chi connectivity index (χ3n) is 4.54. The van der Waals surface area contributed by atoms with Crippen molar-refractivity contribution in [3.63, 3.8) is 0 Å².